The maximum absolute atomic E-state index is 11.9. The van der Waals surface area contributed by atoms with Gasteiger partial charge in [-0.25, -0.2) is 0 Å². The summed E-state index contributed by atoms with van der Waals surface area (Å²) in [5.41, 5.74) is 7.63. The van der Waals surface area contributed by atoms with Crippen molar-refractivity contribution in [3.63, 3.8) is 0 Å². The van der Waals surface area contributed by atoms with E-state index in [1.807, 2.05) is 30.3 Å². The third-order valence-corrected chi connectivity index (χ3v) is 2.83. The highest BCUT2D eigenvalue weighted by atomic mass is 16.2. The van der Waals surface area contributed by atoms with Crippen LogP contribution in [0.4, 0.5) is 11.4 Å². The van der Waals surface area contributed by atoms with Crippen molar-refractivity contribution >= 4 is 28.2 Å². The van der Waals surface area contributed by atoms with Crippen LogP contribution in [-0.4, -0.2) is 20.7 Å². The van der Waals surface area contributed by atoms with Gasteiger partial charge in [0.2, 0.25) is 5.91 Å². The first kappa shape index (κ1) is 12.2. The summed E-state index contributed by atoms with van der Waals surface area (Å²) >= 11 is 0. The molecule has 1 aromatic carbocycles. The summed E-state index contributed by atoms with van der Waals surface area (Å²) < 4.78 is 1.49. The van der Waals surface area contributed by atoms with Crippen LogP contribution in [-0.2, 0) is 11.3 Å². The zero-order chi connectivity index (χ0) is 13.9. The molecule has 0 aliphatic rings. The number of nitrogen functional groups attached to an aromatic ring is 1. The first-order chi connectivity index (χ1) is 9.70. The number of hydrogen-bond acceptors (Lipinski definition) is 4. The van der Waals surface area contributed by atoms with E-state index in [4.69, 9.17) is 5.73 Å². The van der Waals surface area contributed by atoms with E-state index < -0.39 is 0 Å². The normalized spacial score (nSPS) is 10.6. The Kier molecular flexibility index (Phi) is 3.04. The molecule has 0 atom stereocenters. The van der Waals surface area contributed by atoms with E-state index in [2.05, 4.69) is 15.4 Å². The number of anilines is 2. The molecule has 6 nitrogen and oxygen atoms in total. The van der Waals surface area contributed by atoms with Gasteiger partial charge in [-0.15, -0.1) is 0 Å². The largest absolute Gasteiger partial charge is 0.396 e. The van der Waals surface area contributed by atoms with Crippen LogP contribution in [0.2, 0.25) is 0 Å². The molecule has 0 spiro atoms. The van der Waals surface area contributed by atoms with Gasteiger partial charge in [0.15, 0.2) is 0 Å². The van der Waals surface area contributed by atoms with Gasteiger partial charge in [0, 0.05) is 11.6 Å². The van der Waals surface area contributed by atoms with Crippen LogP contribution in [0, 0.1) is 0 Å². The van der Waals surface area contributed by atoms with Crippen molar-refractivity contribution in [3.8, 4) is 0 Å². The molecular formula is C14H13N5O. The number of hydrogen-bond donors (Lipinski definition) is 2. The van der Waals surface area contributed by atoms with Crippen LogP contribution in [0.15, 0.2) is 48.9 Å². The monoisotopic (exact) mass is 267 g/mol. The third kappa shape index (κ3) is 2.59. The summed E-state index contributed by atoms with van der Waals surface area (Å²) in [6.45, 7) is 0.115. The van der Waals surface area contributed by atoms with Crippen LogP contribution in [0.25, 0.3) is 10.9 Å². The van der Waals surface area contributed by atoms with E-state index in [9.17, 15) is 4.79 Å². The third-order valence-electron chi connectivity index (χ3n) is 2.83. The number of rotatable bonds is 3. The number of nitrogens with one attached hydrogen (secondary N) is 1. The predicted molar refractivity (Wildman–Crippen MR) is 77.0 cm³/mol. The molecule has 3 N–H and O–H groups in total. The predicted octanol–water partition coefficient (Wildman–Crippen LogP) is 1.65. The Bertz CT molecular complexity index is 765. The Labute approximate surface area is 115 Å². The van der Waals surface area contributed by atoms with Crippen molar-refractivity contribution < 1.29 is 4.79 Å². The lowest BCUT2D eigenvalue weighted by Gasteiger charge is -2.06. The average molecular weight is 267 g/mol. The van der Waals surface area contributed by atoms with Gasteiger partial charge in [0.1, 0.15) is 6.54 Å². The summed E-state index contributed by atoms with van der Waals surface area (Å²) in [5, 5.41) is 7.73. The Morgan fingerprint density at radius 3 is 2.95 bits per heavy atom. The maximum Gasteiger partial charge on any atom is 0.246 e. The van der Waals surface area contributed by atoms with Crippen molar-refractivity contribution in [1.82, 2.24) is 14.8 Å². The Balaban J connectivity index is 1.73. The molecule has 0 aliphatic heterocycles. The fourth-order valence-electron chi connectivity index (χ4n) is 1.95. The second-order valence-electron chi connectivity index (χ2n) is 4.44. The van der Waals surface area contributed by atoms with Crippen LogP contribution < -0.4 is 11.1 Å². The quantitative estimate of drug-likeness (QED) is 0.755. The van der Waals surface area contributed by atoms with Gasteiger partial charge in [-0.2, -0.15) is 5.10 Å². The molecule has 1 amide bonds. The van der Waals surface area contributed by atoms with Crippen LogP contribution in [0.3, 0.4) is 0 Å². The lowest BCUT2D eigenvalue weighted by Crippen LogP contribution is -2.19. The van der Waals surface area contributed by atoms with Gasteiger partial charge < -0.3 is 11.1 Å². The van der Waals surface area contributed by atoms with Crippen LogP contribution in [0.1, 0.15) is 0 Å². The number of aromatic nitrogens is 3. The SMILES string of the molecule is Nc1cnn(CC(=O)Nc2cnc3ccccc3c2)c1. The van der Waals surface area contributed by atoms with E-state index in [-0.39, 0.29) is 12.5 Å². The molecule has 0 unspecified atom stereocenters. The van der Waals surface area contributed by atoms with E-state index in [0.717, 1.165) is 10.9 Å². The molecule has 0 aliphatic carbocycles. The van der Waals surface area contributed by atoms with Crippen molar-refractivity contribution in [2.75, 3.05) is 11.1 Å². The minimum absolute atomic E-state index is 0.115. The van der Waals surface area contributed by atoms with E-state index in [0.29, 0.717) is 11.4 Å². The summed E-state index contributed by atoms with van der Waals surface area (Å²) in [6, 6.07) is 9.62. The fraction of sp³-hybridized carbons (Fsp3) is 0.0714. The van der Waals surface area contributed by atoms with Crippen LogP contribution in [0.5, 0.6) is 0 Å². The van der Waals surface area contributed by atoms with Crippen molar-refractivity contribution in [2.24, 2.45) is 0 Å². The lowest BCUT2D eigenvalue weighted by molar-refractivity contribution is -0.116. The topological polar surface area (TPSA) is 85.8 Å². The molecule has 20 heavy (non-hydrogen) atoms. The second-order valence-corrected chi connectivity index (χ2v) is 4.44. The number of nitrogens with two attached hydrogens (primary N) is 1. The molecule has 100 valence electrons. The summed E-state index contributed by atoms with van der Waals surface area (Å²) in [5.74, 6) is -0.176. The van der Waals surface area contributed by atoms with Crippen molar-refractivity contribution in [1.29, 1.82) is 0 Å². The van der Waals surface area contributed by atoms with Gasteiger partial charge in [-0.1, -0.05) is 18.2 Å². The molecule has 3 rings (SSSR count). The van der Waals surface area contributed by atoms with E-state index in [1.165, 1.54) is 10.9 Å². The average Bonchev–Trinajstić information content (AvgIpc) is 2.83. The molecule has 0 saturated carbocycles. The van der Waals surface area contributed by atoms with E-state index in [1.54, 1.807) is 12.4 Å². The Morgan fingerprint density at radius 1 is 1.30 bits per heavy atom. The van der Waals surface area contributed by atoms with Crippen LogP contribution >= 0.6 is 0 Å². The van der Waals surface area contributed by atoms with Crippen molar-refractivity contribution in [3.05, 3.63) is 48.9 Å². The standard InChI is InChI=1S/C14H13N5O/c15-11-6-17-19(8-11)9-14(20)18-12-5-10-3-1-2-4-13(10)16-7-12/h1-8H,9,15H2,(H,18,20). The highest BCUT2D eigenvalue weighted by Crippen LogP contribution is 2.15. The van der Waals surface area contributed by atoms with E-state index >= 15 is 0 Å². The first-order valence-corrected chi connectivity index (χ1v) is 6.13. The summed E-state index contributed by atoms with van der Waals surface area (Å²) in [4.78, 5) is 16.2. The van der Waals surface area contributed by atoms with Gasteiger partial charge >= 0.3 is 0 Å². The second kappa shape index (κ2) is 5.00. The minimum atomic E-state index is -0.176. The molecule has 0 radical (unpaired) electrons. The molecule has 6 heteroatoms. The maximum atomic E-state index is 11.9. The molecule has 0 bridgehead atoms. The Hall–Kier alpha value is -2.89. The summed E-state index contributed by atoms with van der Waals surface area (Å²) in [6.07, 6.45) is 4.75. The minimum Gasteiger partial charge on any atom is -0.396 e. The molecular weight excluding hydrogens is 254 g/mol. The number of amides is 1. The zero-order valence-electron chi connectivity index (χ0n) is 10.7. The first-order valence-electron chi connectivity index (χ1n) is 6.13. The molecule has 2 heterocycles. The van der Waals surface area contributed by atoms with Crippen molar-refractivity contribution in [2.45, 2.75) is 6.54 Å². The molecule has 3 aromatic rings. The highest BCUT2D eigenvalue weighted by Gasteiger charge is 2.05. The Morgan fingerprint density at radius 2 is 2.15 bits per heavy atom. The van der Waals surface area contributed by atoms with Gasteiger partial charge in [0.05, 0.1) is 29.3 Å². The smallest absolute Gasteiger partial charge is 0.246 e. The fourth-order valence-corrected chi connectivity index (χ4v) is 1.95. The zero-order valence-corrected chi connectivity index (χ0v) is 10.7. The number of fused-ring (bicyclic) bond motifs is 1. The molecule has 0 fully saturated rings. The number of pyridine rings is 1. The van der Waals surface area contributed by atoms with Gasteiger partial charge in [-0.05, 0) is 12.1 Å². The number of carbonyl (C=O) groups excluding carboxylic acids is 1. The number of para-hydroxylation sites is 1. The number of carbonyl (C=O) groups is 1. The number of nitrogens with zero attached hydrogens (tertiary/aromatic N) is 3. The van der Waals surface area contributed by atoms with Gasteiger partial charge in [-0.3, -0.25) is 14.5 Å². The molecule has 0 saturated heterocycles. The van der Waals surface area contributed by atoms with Gasteiger partial charge in [0.25, 0.3) is 0 Å². The summed E-state index contributed by atoms with van der Waals surface area (Å²) in [7, 11) is 0. The number of benzene rings is 1. The molecule has 2 aromatic heterocycles. The highest BCUT2D eigenvalue weighted by molar-refractivity contribution is 5.92. The lowest BCUT2D eigenvalue weighted by atomic mass is 10.2.